The van der Waals surface area contributed by atoms with Crippen molar-refractivity contribution in [2.45, 2.75) is 32.6 Å². The Morgan fingerprint density at radius 3 is 2.89 bits per heavy atom. The van der Waals surface area contributed by atoms with Gasteiger partial charge in [0, 0.05) is 12.2 Å². The second-order valence-electron chi connectivity index (χ2n) is 5.29. The molecule has 1 aliphatic carbocycles. The fraction of sp³-hybridized carbons (Fsp3) is 0.533. The monoisotopic (exact) mass is 247 g/mol. The number of rotatable bonds is 4. The van der Waals surface area contributed by atoms with Crippen molar-refractivity contribution in [3.63, 3.8) is 0 Å². The first-order valence-electron chi connectivity index (χ1n) is 6.74. The van der Waals surface area contributed by atoms with Gasteiger partial charge in [-0.3, -0.25) is 0 Å². The van der Waals surface area contributed by atoms with Gasteiger partial charge in [-0.25, -0.2) is 4.79 Å². The van der Waals surface area contributed by atoms with Crippen molar-refractivity contribution in [1.82, 2.24) is 0 Å². The van der Waals surface area contributed by atoms with Crippen LogP contribution in [0.4, 0.5) is 5.69 Å². The van der Waals surface area contributed by atoms with E-state index >= 15 is 0 Å². The van der Waals surface area contributed by atoms with Crippen molar-refractivity contribution >= 4 is 11.7 Å². The van der Waals surface area contributed by atoms with E-state index in [-0.39, 0.29) is 0 Å². The average Bonchev–Trinajstić information content (AvgIpc) is 2.38. The van der Waals surface area contributed by atoms with E-state index in [9.17, 15) is 4.79 Å². The van der Waals surface area contributed by atoms with Gasteiger partial charge < -0.3 is 10.4 Å². The molecule has 0 aliphatic heterocycles. The van der Waals surface area contributed by atoms with Crippen molar-refractivity contribution in [3.05, 3.63) is 29.8 Å². The quantitative estimate of drug-likeness (QED) is 0.854. The van der Waals surface area contributed by atoms with Crippen molar-refractivity contribution in [2.75, 3.05) is 11.9 Å². The summed E-state index contributed by atoms with van der Waals surface area (Å²) < 4.78 is 0. The molecule has 0 bridgehead atoms. The van der Waals surface area contributed by atoms with E-state index in [0.717, 1.165) is 18.2 Å². The minimum absolute atomic E-state index is 0.344. The van der Waals surface area contributed by atoms with E-state index in [4.69, 9.17) is 5.11 Å². The van der Waals surface area contributed by atoms with Crippen LogP contribution in [-0.4, -0.2) is 17.6 Å². The van der Waals surface area contributed by atoms with E-state index in [2.05, 4.69) is 12.2 Å². The first-order chi connectivity index (χ1) is 8.66. The van der Waals surface area contributed by atoms with Crippen LogP contribution in [0, 0.1) is 11.8 Å². The molecular formula is C15H21NO2. The summed E-state index contributed by atoms with van der Waals surface area (Å²) in [5.74, 6) is 0.617. The van der Waals surface area contributed by atoms with Crippen LogP contribution in [-0.2, 0) is 0 Å². The standard InChI is InChI=1S/C15H21NO2/c1-11-5-2-3-6-13(11)10-16-14-8-4-7-12(9-14)15(17)18/h4,7-9,11,13,16H,2-3,5-6,10H2,1H3,(H,17,18). The largest absolute Gasteiger partial charge is 0.478 e. The van der Waals surface area contributed by atoms with E-state index in [1.165, 1.54) is 25.7 Å². The van der Waals surface area contributed by atoms with Gasteiger partial charge in [-0.1, -0.05) is 32.3 Å². The number of hydrogen-bond acceptors (Lipinski definition) is 2. The summed E-state index contributed by atoms with van der Waals surface area (Å²) in [7, 11) is 0. The topological polar surface area (TPSA) is 49.3 Å². The lowest BCUT2D eigenvalue weighted by Crippen LogP contribution is -2.24. The number of hydrogen-bond donors (Lipinski definition) is 2. The number of nitrogens with one attached hydrogen (secondary N) is 1. The summed E-state index contributed by atoms with van der Waals surface area (Å²) >= 11 is 0. The lowest BCUT2D eigenvalue weighted by atomic mass is 9.80. The molecule has 1 saturated carbocycles. The smallest absolute Gasteiger partial charge is 0.335 e. The predicted octanol–water partition coefficient (Wildman–Crippen LogP) is 3.62. The van der Waals surface area contributed by atoms with E-state index in [0.29, 0.717) is 11.5 Å². The minimum atomic E-state index is -0.871. The maximum absolute atomic E-state index is 10.9. The summed E-state index contributed by atoms with van der Waals surface area (Å²) in [4.78, 5) is 10.9. The number of carbonyl (C=O) groups is 1. The van der Waals surface area contributed by atoms with Gasteiger partial charge in [0.25, 0.3) is 0 Å². The highest BCUT2D eigenvalue weighted by Crippen LogP contribution is 2.29. The summed E-state index contributed by atoms with van der Waals surface area (Å²) in [6.45, 7) is 3.27. The molecule has 0 amide bonds. The van der Waals surface area contributed by atoms with Gasteiger partial charge in [0.05, 0.1) is 5.56 Å². The molecule has 1 aromatic rings. The minimum Gasteiger partial charge on any atom is -0.478 e. The Bertz CT molecular complexity index is 417. The number of benzene rings is 1. The molecule has 2 atom stereocenters. The van der Waals surface area contributed by atoms with Crippen LogP contribution in [0.1, 0.15) is 43.0 Å². The molecular weight excluding hydrogens is 226 g/mol. The average molecular weight is 247 g/mol. The van der Waals surface area contributed by atoms with Crippen LogP contribution in [0.25, 0.3) is 0 Å². The van der Waals surface area contributed by atoms with E-state index < -0.39 is 5.97 Å². The summed E-state index contributed by atoms with van der Waals surface area (Å²) in [5.41, 5.74) is 1.25. The molecule has 1 aliphatic rings. The fourth-order valence-corrected chi connectivity index (χ4v) is 2.71. The highest BCUT2D eigenvalue weighted by Gasteiger charge is 2.20. The number of aromatic carboxylic acids is 1. The van der Waals surface area contributed by atoms with Crippen molar-refractivity contribution in [2.24, 2.45) is 11.8 Å². The van der Waals surface area contributed by atoms with Crippen molar-refractivity contribution < 1.29 is 9.90 Å². The van der Waals surface area contributed by atoms with Crippen LogP contribution in [0.2, 0.25) is 0 Å². The normalized spacial score (nSPS) is 23.6. The van der Waals surface area contributed by atoms with Gasteiger partial charge in [0.2, 0.25) is 0 Å². The van der Waals surface area contributed by atoms with Gasteiger partial charge in [-0.15, -0.1) is 0 Å². The Balaban J connectivity index is 1.93. The third kappa shape index (κ3) is 3.25. The summed E-state index contributed by atoms with van der Waals surface area (Å²) in [6, 6.07) is 7.04. The molecule has 2 N–H and O–H groups in total. The maximum atomic E-state index is 10.9. The Morgan fingerprint density at radius 1 is 1.39 bits per heavy atom. The lowest BCUT2D eigenvalue weighted by molar-refractivity contribution is 0.0697. The predicted molar refractivity (Wildman–Crippen MR) is 73.0 cm³/mol. The molecule has 3 nitrogen and oxygen atoms in total. The zero-order chi connectivity index (χ0) is 13.0. The molecule has 1 aromatic carbocycles. The first kappa shape index (κ1) is 12.9. The molecule has 98 valence electrons. The van der Waals surface area contributed by atoms with Crippen molar-refractivity contribution in [1.29, 1.82) is 0 Å². The highest BCUT2D eigenvalue weighted by molar-refractivity contribution is 5.88. The van der Waals surface area contributed by atoms with Crippen LogP contribution < -0.4 is 5.32 Å². The number of carboxylic acids is 1. The Hall–Kier alpha value is -1.51. The zero-order valence-corrected chi connectivity index (χ0v) is 10.9. The third-order valence-electron chi connectivity index (χ3n) is 3.97. The van der Waals surface area contributed by atoms with Gasteiger partial charge in [0.1, 0.15) is 0 Å². The molecule has 0 saturated heterocycles. The second-order valence-corrected chi connectivity index (χ2v) is 5.29. The SMILES string of the molecule is CC1CCCCC1CNc1cccc(C(=O)O)c1. The second kappa shape index (κ2) is 5.89. The lowest BCUT2D eigenvalue weighted by Gasteiger charge is -2.29. The molecule has 0 radical (unpaired) electrons. The molecule has 0 spiro atoms. The molecule has 3 heteroatoms. The maximum Gasteiger partial charge on any atom is 0.335 e. The molecule has 1 fully saturated rings. The Morgan fingerprint density at radius 2 is 2.17 bits per heavy atom. The highest BCUT2D eigenvalue weighted by atomic mass is 16.4. The summed E-state index contributed by atoms with van der Waals surface area (Å²) in [6.07, 6.45) is 5.28. The van der Waals surface area contributed by atoms with Gasteiger partial charge in [-0.2, -0.15) is 0 Å². The molecule has 0 aromatic heterocycles. The van der Waals surface area contributed by atoms with Gasteiger partial charge in [-0.05, 0) is 36.5 Å². The van der Waals surface area contributed by atoms with Crippen molar-refractivity contribution in [3.8, 4) is 0 Å². The molecule has 2 rings (SSSR count). The van der Waals surface area contributed by atoms with Crippen LogP contribution in [0.15, 0.2) is 24.3 Å². The number of anilines is 1. The molecule has 2 unspecified atom stereocenters. The zero-order valence-electron chi connectivity index (χ0n) is 10.9. The van der Waals surface area contributed by atoms with E-state index in [1.807, 2.05) is 6.07 Å². The van der Waals surface area contributed by atoms with Crippen LogP contribution in [0.5, 0.6) is 0 Å². The third-order valence-corrected chi connectivity index (χ3v) is 3.97. The van der Waals surface area contributed by atoms with Crippen LogP contribution >= 0.6 is 0 Å². The van der Waals surface area contributed by atoms with Crippen LogP contribution in [0.3, 0.4) is 0 Å². The van der Waals surface area contributed by atoms with E-state index in [1.54, 1.807) is 18.2 Å². The Labute approximate surface area is 108 Å². The summed E-state index contributed by atoms with van der Waals surface area (Å²) in [5, 5.41) is 12.3. The Kier molecular flexibility index (Phi) is 4.24. The molecule has 18 heavy (non-hydrogen) atoms. The van der Waals surface area contributed by atoms with Gasteiger partial charge >= 0.3 is 5.97 Å². The van der Waals surface area contributed by atoms with Gasteiger partial charge in [0.15, 0.2) is 0 Å². The molecule has 0 heterocycles. The number of carboxylic acid groups (broad SMARTS) is 1. The first-order valence-corrected chi connectivity index (χ1v) is 6.74. The fourth-order valence-electron chi connectivity index (χ4n) is 2.71.